The molecule has 0 saturated carbocycles. The SMILES string of the molecule is Cc1oncc1C(=O)Nc1ccc(Cl)c(NS(=O)(=O)c2ccc(Br)cc2)c1. The number of aryl methyl sites for hydroxylation is 1. The molecule has 27 heavy (non-hydrogen) atoms. The lowest BCUT2D eigenvalue weighted by Crippen LogP contribution is -2.15. The maximum Gasteiger partial charge on any atom is 0.261 e. The second-order valence-corrected chi connectivity index (χ2v) is 8.51. The first kappa shape index (κ1) is 19.4. The van der Waals surface area contributed by atoms with Crippen LogP contribution in [0.2, 0.25) is 5.02 Å². The van der Waals surface area contributed by atoms with E-state index >= 15 is 0 Å². The van der Waals surface area contributed by atoms with Crippen LogP contribution in [0.4, 0.5) is 11.4 Å². The molecule has 0 bridgehead atoms. The highest BCUT2D eigenvalue weighted by atomic mass is 79.9. The maximum atomic E-state index is 12.5. The van der Waals surface area contributed by atoms with Crippen LogP contribution in [-0.4, -0.2) is 19.5 Å². The third kappa shape index (κ3) is 4.49. The first-order valence-electron chi connectivity index (χ1n) is 7.57. The van der Waals surface area contributed by atoms with Gasteiger partial charge in [-0.1, -0.05) is 32.7 Å². The molecule has 0 aliphatic heterocycles. The number of anilines is 2. The molecule has 2 N–H and O–H groups in total. The summed E-state index contributed by atoms with van der Waals surface area (Å²) in [5.74, 6) is -0.0598. The summed E-state index contributed by atoms with van der Waals surface area (Å²) in [5, 5.41) is 6.39. The Kier molecular flexibility index (Phi) is 5.54. The minimum Gasteiger partial charge on any atom is -0.361 e. The van der Waals surface area contributed by atoms with Crippen LogP contribution < -0.4 is 10.0 Å². The smallest absolute Gasteiger partial charge is 0.261 e. The normalized spacial score (nSPS) is 11.2. The predicted molar refractivity (Wildman–Crippen MR) is 106 cm³/mol. The van der Waals surface area contributed by atoms with Gasteiger partial charge in [-0.25, -0.2) is 8.42 Å². The molecule has 0 unspecified atom stereocenters. The van der Waals surface area contributed by atoms with Crippen LogP contribution in [0.15, 0.2) is 62.6 Å². The van der Waals surface area contributed by atoms with Gasteiger partial charge in [0, 0.05) is 10.2 Å². The number of nitrogens with zero attached hydrogens (tertiary/aromatic N) is 1. The van der Waals surface area contributed by atoms with Crippen LogP contribution in [0.25, 0.3) is 0 Å². The number of amides is 1. The van der Waals surface area contributed by atoms with Gasteiger partial charge in [-0.15, -0.1) is 0 Å². The average Bonchev–Trinajstić information content (AvgIpc) is 3.04. The van der Waals surface area contributed by atoms with Gasteiger partial charge >= 0.3 is 0 Å². The maximum absolute atomic E-state index is 12.5. The van der Waals surface area contributed by atoms with E-state index < -0.39 is 15.9 Å². The van der Waals surface area contributed by atoms with E-state index in [0.717, 1.165) is 4.47 Å². The summed E-state index contributed by atoms with van der Waals surface area (Å²) in [5.41, 5.74) is 0.778. The van der Waals surface area contributed by atoms with Crippen molar-refractivity contribution in [3.8, 4) is 0 Å². The monoisotopic (exact) mass is 469 g/mol. The molecule has 3 rings (SSSR count). The predicted octanol–water partition coefficient (Wildman–Crippen LogP) is 4.45. The van der Waals surface area contributed by atoms with E-state index in [0.29, 0.717) is 11.4 Å². The largest absolute Gasteiger partial charge is 0.361 e. The first-order valence-corrected chi connectivity index (χ1v) is 10.2. The molecule has 3 aromatic rings. The molecule has 140 valence electrons. The lowest BCUT2D eigenvalue weighted by molar-refractivity contribution is 0.102. The molecule has 1 heterocycles. The van der Waals surface area contributed by atoms with E-state index in [9.17, 15) is 13.2 Å². The summed E-state index contributed by atoms with van der Waals surface area (Å²) in [6, 6.07) is 10.6. The number of sulfonamides is 1. The Labute approximate surface area is 168 Å². The fourth-order valence-electron chi connectivity index (χ4n) is 2.21. The standard InChI is InChI=1S/C17H13BrClN3O4S/c1-10-14(9-20-26-10)17(23)21-12-4-7-15(19)16(8-12)22-27(24,25)13-5-2-11(18)3-6-13/h2-9,22H,1H3,(H,21,23). The Hall–Kier alpha value is -2.36. The van der Waals surface area contributed by atoms with Gasteiger partial charge in [0.2, 0.25) is 0 Å². The molecule has 2 aromatic carbocycles. The Balaban J connectivity index is 1.84. The highest BCUT2D eigenvalue weighted by Crippen LogP contribution is 2.28. The summed E-state index contributed by atoms with van der Waals surface area (Å²) in [6.07, 6.45) is 1.30. The van der Waals surface area contributed by atoms with Gasteiger partial charge in [-0.2, -0.15) is 0 Å². The quantitative estimate of drug-likeness (QED) is 0.573. The van der Waals surface area contributed by atoms with E-state index in [1.807, 2.05) is 0 Å². The number of benzene rings is 2. The van der Waals surface area contributed by atoms with E-state index in [4.69, 9.17) is 16.1 Å². The summed E-state index contributed by atoms with van der Waals surface area (Å²) in [7, 11) is -3.84. The second-order valence-electron chi connectivity index (χ2n) is 5.50. The Morgan fingerprint density at radius 3 is 2.52 bits per heavy atom. The van der Waals surface area contributed by atoms with Crippen LogP contribution in [0.1, 0.15) is 16.1 Å². The van der Waals surface area contributed by atoms with Crippen molar-refractivity contribution >= 4 is 54.8 Å². The van der Waals surface area contributed by atoms with Crippen molar-refractivity contribution in [3.05, 3.63) is 69.5 Å². The zero-order valence-corrected chi connectivity index (χ0v) is 17.0. The molecule has 0 atom stereocenters. The number of carbonyl (C=O) groups is 1. The van der Waals surface area contributed by atoms with Crippen molar-refractivity contribution in [2.75, 3.05) is 10.0 Å². The fraction of sp³-hybridized carbons (Fsp3) is 0.0588. The van der Waals surface area contributed by atoms with Crippen LogP contribution in [0.5, 0.6) is 0 Å². The average molecular weight is 471 g/mol. The number of carbonyl (C=O) groups excluding carboxylic acids is 1. The Morgan fingerprint density at radius 2 is 1.89 bits per heavy atom. The van der Waals surface area contributed by atoms with Crippen molar-refractivity contribution in [1.82, 2.24) is 5.16 Å². The van der Waals surface area contributed by atoms with E-state index in [1.54, 1.807) is 25.1 Å². The van der Waals surface area contributed by atoms with Crippen LogP contribution in [-0.2, 0) is 10.0 Å². The van der Waals surface area contributed by atoms with Crippen molar-refractivity contribution in [2.24, 2.45) is 0 Å². The molecule has 7 nitrogen and oxygen atoms in total. The van der Waals surface area contributed by atoms with Crippen LogP contribution in [0, 0.1) is 6.92 Å². The third-order valence-electron chi connectivity index (χ3n) is 3.59. The second kappa shape index (κ2) is 7.71. The van der Waals surface area contributed by atoms with Crippen molar-refractivity contribution in [3.63, 3.8) is 0 Å². The number of hydrogen-bond acceptors (Lipinski definition) is 5. The van der Waals surface area contributed by atoms with Crippen molar-refractivity contribution in [1.29, 1.82) is 0 Å². The summed E-state index contributed by atoms with van der Waals surface area (Å²) in [6.45, 7) is 1.61. The summed E-state index contributed by atoms with van der Waals surface area (Å²) in [4.78, 5) is 12.3. The first-order chi connectivity index (χ1) is 12.8. The van der Waals surface area contributed by atoms with E-state index in [1.165, 1.54) is 30.5 Å². The minimum absolute atomic E-state index is 0.0799. The zero-order chi connectivity index (χ0) is 19.6. The number of aromatic nitrogens is 1. The minimum atomic E-state index is -3.84. The van der Waals surface area contributed by atoms with Gasteiger partial charge < -0.3 is 9.84 Å². The highest BCUT2D eigenvalue weighted by Gasteiger charge is 2.17. The van der Waals surface area contributed by atoms with Crippen molar-refractivity contribution < 1.29 is 17.7 Å². The summed E-state index contributed by atoms with van der Waals surface area (Å²) < 4.78 is 33.1. The van der Waals surface area contributed by atoms with Crippen molar-refractivity contribution in [2.45, 2.75) is 11.8 Å². The molecule has 1 aromatic heterocycles. The molecule has 1 amide bonds. The van der Waals surface area contributed by atoms with Gasteiger partial charge in [-0.05, 0) is 49.4 Å². The lowest BCUT2D eigenvalue weighted by atomic mass is 10.2. The zero-order valence-electron chi connectivity index (χ0n) is 13.9. The molecule has 0 aliphatic carbocycles. The van der Waals surface area contributed by atoms with Gasteiger partial charge in [0.25, 0.3) is 15.9 Å². The molecule has 0 radical (unpaired) electrons. The van der Waals surface area contributed by atoms with E-state index in [2.05, 4.69) is 31.1 Å². The molecular weight excluding hydrogens is 458 g/mol. The molecule has 0 fully saturated rings. The lowest BCUT2D eigenvalue weighted by Gasteiger charge is -2.12. The van der Waals surface area contributed by atoms with Crippen LogP contribution >= 0.6 is 27.5 Å². The topological polar surface area (TPSA) is 101 Å². The highest BCUT2D eigenvalue weighted by molar-refractivity contribution is 9.10. The molecule has 0 saturated heterocycles. The molecule has 10 heteroatoms. The van der Waals surface area contributed by atoms with Gasteiger partial charge in [0.15, 0.2) is 0 Å². The van der Waals surface area contributed by atoms with Gasteiger partial charge in [0.1, 0.15) is 11.3 Å². The molecular formula is C17H13BrClN3O4S. The van der Waals surface area contributed by atoms with E-state index in [-0.39, 0.29) is 21.2 Å². The number of halogens is 2. The Bertz CT molecular complexity index is 1100. The summed E-state index contributed by atoms with van der Waals surface area (Å²) >= 11 is 9.36. The third-order valence-corrected chi connectivity index (χ3v) is 5.83. The van der Waals surface area contributed by atoms with Crippen LogP contribution in [0.3, 0.4) is 0 Å². The van der Waals surface area contributed by atoms with Gasteiger partial charge in [-0.3, -0.25) is 9.52 Å². The Morgan fingerprint density at radius 1 is 1.19 bits per heavy atom. The number of nitrogens with one attached hydrogen (secondary N) is 2. The molecule has 0 spiro atoms. The number of rotatable bonds is 5. The van der Waals surface area contributed by atoms with Gasteiger partial charge in [0.05, 0.1) is 21.8 Å². The fourth-order valence-corrected chi connectivity index (χ4v) is 3.77. The number of hydrogen-bond donors (Lipinski definition) is 2. The molecule has 0 aliphatic rings.